The number of nitrogens with one attached hydrogen (secondary N) is 2. The van der Waals surface area contributed by atoms with E-state index in [-0.39, 0.29) is 22.5 Å². The molecule has 8 heteroatoms. The van der Waals surface area contributed by atoms with Gasteiger partial charge >= 0.3 is 0 Å². The van der Waals surface area contributed by atoms with Crippen LogP contribution in [0, 0.1) is 0 Å². The highest BCUT2D eigenvalue weighted by Gasteiger charge is 2.39. The van der Waals surface area contributed by atoms with E-state index in [0.717, 1.165) is 15.2 Å². The molecule has 3 rings (SSSR count). The number of amides is 1. The van der Waals surface area contributed by atoms with Gasteiger partial charge in [0.2, 0.25) is 10.0 Å². The zero-order chi connectivity index (χ0) is 17.5. The fraction of sp³-hybridized carbons (Fsp3) is 0.312. The van der Waals surface area contributed by atoms with Crippen molar-refractivity contribution in [2.24, 2.45) is 0 Å². The second-order valence-electron chi connectivity index (χ2n) is 6.01. The molecule has 1 heterocycles. The standard InChI is InChI=1S/C16H18BrN3O3S/c1-20(2)24(22,23)12-7-15(18-9-12)16(21)19-14-8-13(14)10-3-5-11(17)6-4-10/h3-7,9,13-14,18H,8H2,1-2H3,(H,19,21)/t13-,14+/m0/s1. The van der Waals surface area contributed by atoms with Crippen molar-refractivity contribution in [3.8, 4) is 0 Å². The Morgan fingerprint density at radius 3 is 2.58 bits per heavy atom. The second-order valence-corrected chi connectivity index (χ2v) is 9.08. The summed E-state index contributed by atoms with van der Waals surface area (Å²) in [4.78, 5) is 15.1. The maximum Gasteiger partial charge on any atom is 0.267 e. The van der Waals surface area contributed by atoms with Gasteiger partial charge in [-0.2, -0.15) is 0 Å². The molecule has 1 aliphatic rings. The van der Waals surface area contributed by atoms with Crippen molar-refractivity contribution in [2.45, 2.75) is 23.3 Å². The normalized spacial score (nSPS) is 20.2. The van der Waals surface area contributed by atoms with Gasteiger partial charge in [-0.05, 0) is 30.2 Å². The Balaban J connectivity index is 1.65. The van der Waals surface area contributed by atoms with Crippen LogP contribution in [-0.4, -0.2) is 43.8 Å². The quantitative estimate of drug-likeness (QED) is 0.791. The number of halogens is 1. The summed E-state index contributed by atoms with van der Waals surface area (Å²) < 4.78 is 26.2. The van der Waals surface area contributed by atoms with Crippen molar-refractivity contribution in [3.05, 3.63) is 52.3 Å². The lowest BCUT2D eigenvalue weighted by Gasteiger charge is -2.08. The van der Waals surface area contributed by atoms with Crippen LogP contribution in [0.2, 0.25) is 0 Å². The van der Waals surface area contributed by atoms with Gasteiger partial charge in [0, 0.05) is 36.7 Å². The van der Waals surface area contributed by atoms with Crippen molar-refractivity contribution in [1.82, 2.24) is 14.6 Å². The number of hydrogen-bond donors (Lipinski definition) is 2. The van der Waals surface area contributed by atoms with Crippen LogP contribution in [0.25, 0.3) is 0 Å². The van der Waals surface area contributed by atoms with Gasteiger partial charge in [-0.25, -0.2) is 12.7 Å². The van der Waals surface area contributed by atoms with Gasteiger partial charge in [-0.3, -0.25) is 4.79 Å². The van der Waals surface area contributed by atoms with Crippen molar-refractivity contribution >= 4 is 31.9 Å². The minimum Gasteiger partial charge on any atom is -0.356 e. The summed E-state index contributed by atoms with van der Waals surface area (Å²) in [7, 11) is -0.636. The number of aromatic nitrogens is 1. The number of H-pyrrole nitrogens is 1. The second kappa shape index (κ2) is 6.34. The summed E-state index contributed by atoms with van der Waals surface area (Å²) in [5.74, 6) is 0.0156. The summed E-state index contributed by atoms with van der Waals surface area (Å²) in [5, 5.41) is 2.94. The number of hydrogen-bond acceptors (Lipinski definition) is 3. The van der Waals surface area contributed by atoms with E-state index >= 15 is 0 Å². The largest absolute Gasteiger partial charge is 0.356 e. The molecule has 1 saturated carbocycles. The SMILES string of the molecule is CN(C)S(=O)(=O)c1c[nH]c(C(=O)N[C@@H]2C[C@H]2c2ccc(Br)cc2)c1. The lowest BCUT2D eigenvalue weighted by atomic mass is 10.1. The van der Waals surface area contributed by atoms with Crippen LogP contribution in [0.5, 0.6) is 0 Å². The lowest BCUT2D eigenvalue weighted by molar-refractivity contribution is 0.0946. The van der Waals surface area contributed by atoms with Gasteiger partial charge in [0.1, 0.15) is 10.6 Å². The third-order valence-corrected chi connectivity index (χ3v) is 6.41. The Labute approximate surface area is 149 Å². The Kier molecular flexibility index (Phi) is 4.54. The summed E-state index contributed by atoms with van der Waals surface area (Å²) in [6.07, 6.45) is 2.22. The molecule has 0 aliphatic heterocycles. The van der Waals surface area contributed by atoms with Gasteiger partial charge in [0.15, 0.2) is 0 Å². The first-order valence-corrected chi connectivity index (χ1v) is 9.69. The summed E-state index contributed by atoms with van der Waals surface area (Å²) in [6, 6.07) is 9.48. The molecule has 0 unspecified atom stereocenters. The highest BCUT2D eigenvalue weighted by molar-refractivity contribution is 9.10. The molecule has 1 amide bonds. The van der Waals surface area contributed by atoms with Crippen molar-refractivity contribution < 1.29 is 13.2 Å². The minimum absolute atomic E-state index is 0.0795. The molecule has 0 spiro atoms. The van der Waals surface area contributed by atoms with E-state index in [4.69, 9.17) is 0 Å². The molecule has 1 fully saturated rings. The number of rotatable bonds is 5. The fourth-order valence-corrected chi connectivity index (χ4v) is 3.70. The first-order chi connectivity index (χ1) is 11.3. The number of nitrogens with zero attached hydrogens (tertiary/aromatic N) is 1. The Hall–Kier alpha value is -1.64. The Bertz CT molecular complexity index is 859. The van der Waals surface area contributed by atoms with Crippen molar-refractivity contribution in [1.29, 1.82) is 0 Å². The molecule has 128 valence electrons. The highest BCUT2D eigenvalue weighted by Crippen LogP contribution is 2.41. The fourth-order valence-electron chi connectivity index (χ4n) is 2.54. The van der Waals surface area contributed by atoms with Crippen molar-refractivity contribution in [3.63, 3.8) is 0 Å². The van der Waals surface area contributed by atoms with E-state index in [1.165, 1.54) is 31.9 Å². The van der Waals surface area contributed by atoms with Crippen molar-refractivity contribution in [2.75, 3.05) is 14.1 Å². The number of carbonyl (C=O) groups is 1. The molecule has 2 atom stereocenters. The van der Waals surface area contributed by atoms with Crippen LogP contribution in [-0.2, 0) is 10.0 Å². The van der Waals surface area contributed by atoms with E-state index in [2.05, 4.69) is 26.2 Å². The summed E-state index contributed by atoms with van der Waals surface area (Å²) in [5.41, 5.74) is 1.43. The average molecular weight is 412 g/mol. The maximum absolute atomic E-state index is 12.3. The number of carbonyl (C=O) groups excluding carboxylic acids is 1. The lowest BCUT2D eigenvalue weighted by Crippen LogP contribution is -2.27. The van der Waals surface area contributed by atoms with Crippen LogP contribution in [0.15, 0.2) is 45.9 Å². The zero-order valence-corrected chi connectivity index (χ0v) is 15.7. The third-order valence-electron chi connectivity index (χ3n) is 4.08. The van der Waals surface area contributed by atoms with Gasteiger partial charge in [-0.1, -0.05) is 28.1 Å². The minimum atomic E-state index is -3.54. The molecule has 0 radical (unpaired) electrons. The molecule has 0 bridgehead atoms. The maximum atomic E-state index is 12.3. The average Bonchev–Trinajstić information content (AvgIpc) is 3.10. The summed E-state index contributed by atoms with van der Waals surface area (Å²) >= 11 is 3.40. The zero-order valence-electron chi connectivity index (χ0n) is 13.3. The number of aromatic amines is 1. The molecule has 1 aromatic carbocycles. The van der Waals surface area contributed by atoms with Crippen LogP contribution in [0.4, 0.5) is 0 Å². The Morgan fingerprint density at radius 2 is 1.96 bits per heavy atom. The predicted octanol–water partition coefficient (Wildman–Crippen LogP) is 2.31. The first-order valence-electron chi connectivity index (χ1n) is 7.46. The van der Waals surface area contributed by atoms with Crippen LogP contribution < -0.4 is 5.32 Å². The molecule has 2 N–H and O–H groups in total. The van der Waals surface area contributed by atoms with E-state index < -0.39 is 10.0 Å². The molecule has 24 heavy (non-hydrogen) atoms. The van der Waals surface area contributed by atoms with E-state index in [9.17, 15) is 13.2 Å². The predicted molar refractivity (Wildman–Crippen MR) is 94.4 cm³/mol. The molecule has 2 aromatic rings. The number of benzene rings is 1. The van der Waals surface area contributed by atoms with Crippen LogP contribution in [0.1, 0.15) is 28.4 Å². The van der Waals surface area contributed by atoms with Crippen LogP contribution >= 0.6 is 15.9 Å². The first kappa shape index (κ1) is 17.2. The Morgan fingerprint density at radius 1 is 1.29 bits per heavy atom. The molecule has 6 nitrogen and oxygen atoms in total. The molecular weight excluding hydrogens is 394 g/mol. The van der Waals surface area contributed by atoms with E-state index in [1.807, 2.05) is 24.3 Å². The highest BCUT2D eigenvalue weighted by atomic mass is 79.9. The number of sulfonamides is 1. The molecule has 1 aromatic heterocycles. The van der Waals surface area contributed by atoms with E-state index in [1.54, 1.807) is 0 Å². The van der Waals surface area contributed by atoms with Crippen LogP contribution in [0.3, 0.4) is 0 Å². The van der Waals surface area contributed by atoms with Gasteiger partial charge in [0.05, 0.1) is 0 Å². The summed E-state index contributed by atoms with van der Waals surface area (Å²) in [6.45, 7) is 0. The molecular formula is C16H18BrN3O3S. The topological polar surface area (TPSA) is 82.3 Å². The van der Waals surface area contributed by atoms with E-state index in [0.29, 0.717) is 5.92 Å². The monoisotopic (exact) mass is 411 g/mol. The third kappa shape index (κ3) is 3.40. The van der Waals surface area contributed by atoms with Gasteiger partial charge in [0.25, 0.3) is 5.91 Å². The van der Waals surface area contributed by atoms with Gasteiger partial charge in [-0.15, -0.1) is 0 Å². The molecule has 1 aliphatic carbocycles. The smallest absolute Gasteiger partial charge is 0.267 e. The van der Waals surface area contributed by atoms with Gasteiger partial charge < -0.3 is 10.3 Å². The molecule has 0 saturated heterocycles.